The summed E-state index contributed by atoms with van der Waals surface area (Å²) in [4.78, 5) is 8.85. The van der Waals surface area contributed by atoms with Gasteiger partial charge in [-0.25, -0.2) is 15.8 Å². The van der Waals surface area contributed by atoms with Crippen LogP contribution in [0.25, 0.3) is 0 Å². The Morgan fingerprint density at radius 2 is 2.00 bits per heavy atom. The zero-order valence-corrected chi connectivity index (χ0v) is 13.0. The van der Waals surface area contributed by atoms with E-state index in [4.69, 9.17) is 5.84 Å². The van der Waals surface area contributed by atoms with Crippen molar-refractivity contribution in [2.75, 3.05) is 10.7 Å². The monoisotopic (exact) mass is 289 g/mol. The second kappa shape index (κ2) is 6.53. The van der Waals surface area contributed by atoms with Gasteiger partial charge in [0.15, 0.2) is 0 Å². The number of nitrogen functional groups attached to an aromatic ring is 1. The third-order valence-corrected chi connectivity index (χ3v) is 3.19. The summed E-state index contributed by atoms with van der Waals surface area (Å²) in [6.45, 7) is 6.88. The number of nitrogens with zero attached hydrogens (tertiary/aromatic N) is 4. The molecule has 0 saturated carbocycles. The largest absolute Gasteiger partial charge is 0.366 e. The van der Waals surface area contributed by atoms with Gasteiger partial charge in [-0.2, -0.15) is 5.10 Å². The molecule has 2 rings (SSSR count). The van der Waals surface area contributed by atoms with E-state index in [0.29, 0.717) is 12.4 Å². The fraction of sp³-hybridized carbons (Fsp3) is 0.500. The lowest BCUT2D eigenvalue weighted by Gasteiger charge is -2.11. The van der Waals surface area contributed by atoms with Crippen molar-refractivity contribution in [2.24, 2.45) is 12.9 Å². The summed E-state index contributed by atoms with van der Waals surface area (Å²) in [6.07, 6.45) is 2.94. The molecule has 21 heavy (non-hydrogen) atoms. The van der Waals surface area contributed by atoms with E-state index in [9.17, 15) is 0 Å². The van der Waals surface area contributed by atoms with Crippen LogP contribution in [-0.2, 0) is 20.0 Å². The second-order valence-corrected chi connectivity index (χ2v) is 5.28. The normalized spacial score (nSPS) is 11.0. The number of aromatic nitrogens is 4. The lowest BCUT2D eigenvalue weighted by molar-refractivity contribution is 0.746. The van der Waals surface area contributed by atoms with E-state index in [1.54, 1.807) is 6.07 Å². The van der Waals surface area contributed by atoms with Gasteiger partial charge in [0.05, 0.1) is 5.69 Å². The predicted octanol–water partition coefficient (Wildman–Crippen LogP) is 1.79. The number of hydrazine groups is 1. The minimum Gasteiger partial charge on any atom is -0.366 e. The molecule has 2 heterocycles. The lowest BCUT2D eigenvalue weighted by atomic mass is 10.2. The maximum atomic E-state index is 5.46. The molecule has 0 bridgehead atoms. The van der Waals surface area contributed by atoms with E-state index in [-0.39, 0.29) is 5.92 Å². The minimum atomic E-state index is 0.239. The fourth-order valence-electron chi connectivity index (χ4n) is 2.10. The first kappa shape index (κ1) is 15.2. The smallest absolute Gasteiger partial charge is 0.145 e. The first-order valence-electron chi connectivity index (χ1n) is 7.14. The third kappa shape index (κ3) is 3.69. The Hall–Kier alpha value is -2.15. The van der Waals surface area contributed by atoms with Crippen molar-refractivity contribution in [2.45, 2.75) is 39.7 Å². The third-order valence-electron chi connectivity index (χ3n) is 3.19. The van der Waals surface area contributed by atoms with Gasteiger partial charge in [-0.3, -0.25) is 4.68 Å². The van der Waals surface area contributed by atoms with Crippen molar-refractivity contribution >= 4 is 11.6 Å². The van der Waals surface area contributed by atoms with E-state index < -0.39 is 0 Å². The van der Waals surface area contributed by atoms with Crippen LogP contribution in [0, 0.1) is 0 Å². The molecule has 0 atom stereocenters. The Balaban J connectivity index is 2.17. The molecule has 4 N–H and O–H groups in total. The van der Waals surface area contributed by atoms with E-state index in [1.165, 1.54) is 5.56 Å². The van der Waals surface area contributed by atoms with Crippen molar-refractivity contribution in [1.29, 1.82) is 0 Å². The molecule has 0 aliphatic heterocycles. The number of hydrogen-bond acceptors (Lipinski definition) is 6. The molecule has 0 aliphatic rings. The van der Waals surface area contributed by atoms with Crippen molar-refractivity contribution < 1.29 is 0 Å². The van der Waals surface area contributed by atoms with Crippen molar-refractivity contribution in [1.82, 2.24) is 19.7 Å². The van der Waals surface area contributed by atoms with Crippen molar-refractivity contribution in [3.63, 3.8) is 0 Å². The number of aryl methyl sites for hydroxylation is 2. The molecular weight excluding hydrogens is 266 g/mol. The highest BCUT2D eigenvalue weighted by Gasteiger charge is 2.09. The Morgan fingerprint density at radius 3 is 2.62 bits per heavy atom. The molecule has 2 aromatic rings. The van der Waals surface area contributed by atoms with Crippen LogP contribution in [0.4, 0.5) is 11.6 Å². The molecule has 0 spiro atoms. The molecule has 0 aliphatic carbocycles. The molecule has 0 unspecified atom stereocenters. The van der Waals surface area contributed by atoms with Gasteiger partial charge in [0.2, 0.25) is 0 Å². The Bertz CT molecular complexity index is 603. The van der Waals surface area contributed by atoms with Gasteiger partial charge in [0.1, 0.15) is 17.5 Å². The highest BCUT2D eigenvalue weighted by molar-refractivity contribution is 5.47. The summed E-state index contributed by atoms with van der Waals surface area (Å²) >= 11 is 0. The van der Waals surface area contributed by atoms with Crippen molar-refractivity contribution in [3.05, 3.63) is 29.3 Å². The first-order chi connectivity index (χ1) is 10.0. The van der Waals surface area contributed by atoms with Crippen LogP contribution in [0.1, 0.15) is 43.8 Å². The maximum Gasteiger partial charge on any atom is 0.145 e. The van der Waals surface area contributed by atoms with Gasteiger partial charge >= 0.3 is 0 Å². The van der Waals surface area contributed by atoms with Gasteiger partial charge in [0.25, 0.3) is 0 Å². The van der Waals surface area contributed by atoms with Gasteiger partial charge in [-0.1, -0.05) is 20.8 Å². The fourth-order valence-corrected chi connectivity index (χ4v) is 2.10. The molecule has 114 valence electrons. The standard InChI is InChI=1S/C14H23N7/c1-5-11-10(8-21(4)20-11)7-16-12-6-13(19-15)18-14(17-12)9(2)3/h6,8-9H,5,7,15H2,1-4H3,(H2,16,17,18,19). The van der Waals surface area contributed by atoms with Crippen LogP contribution >= 0.6 is 0 Å². The zero-order valence-electron chi connectivity index (χ0n) is 13.0. The Morgan fingerprint density at radius 1 is 1.29 bits per heavy atom. The SMILES string of the molecule is CCc1nn(C)cc1CNc1cc(NN)nc(C(C)C)n1. The summed E-state index contributed by atoms with van der Waals surface area (Å²) < 4.78 is 1.84. The summed E-state index contributed by atoms with van der Waals surface area (Å²) in [6, 6.07) is 1.80. The summed E-state index contributed by atoms with van der Waals surface area (Å²) in [7, 11) is 1.93. The number of rotatable bonds is 6. The molecule has 0 radical (unpaired) electrons. The molecule has 0 amide bonds. The number of hydrogen-bond donors (Lipinski definition) is 3. The molecule has 7 nitrogen and oxygen atoms in total. The number of anilines is 2. The van der Waals surface area contributed by atoms with E-state index in [0.717, 1.165) is 23.8 Å². The second-order valence-electron chi connectivity index (χ2n) is 5.28. The van der Waals surface area contributed by atoms with Crippen LogP contribution < -0.4 is 16.6 Å². The average molecular weight is 289 g/mol. The average Bonchev–Trinajstić information content (AvgIpc) is 2.84. The van der Waals surface area contributed by atoms with E-state index in [2.05, 4.69) is 46.6 Å². The molecule has 0 aromatic carbocycles. The van der Waals surface area contributed by atoms with Crippen LogP contribution in [0.15, 0.2) is 12.3 Å². The summed E-state index contributed by atoms with van der Waals surface area (Å²) in [5.74, 6) is 7.83. The molecule has 0 fully saturated rings. The Labute approximate surface area is 124 Å². The summed E-state index contributed by atoms with van der Waals surface area (Å²) in [5.41, 5.74) is 4.85. The van der Waals surface area contributed by atoms with Gasteiger partial charge in [0, 0.05) is 37.3 Å². The van der Waals surface area contributed by atoms with Gasteiger partial charge < -0.3 is 10.7 Å². The van der Waals surface area contributed by atoms with Gasteiger partial charge in [-0.05, 0) is 6.42 Å². The summed E-state index contributed by atoms with van der Waals surface area (Å²) in [5, 5.41) is 7.75. The highest BCUT2D eigenvalue weighted by Crippen LogP contribution is 2.17. The number of nitrogens with two attached hydrogens (primary N) is 1. The zero-order chi connectivity index (χ0) is 15.4. The number of nitrogens with one attached hydrogen (secondary N) is 2. The van der Waals surface area contributed by atoms with Crippen LogP contribution in [0.2, 0.25) is 0 Å². The highest BCUT2D eigenvalue weighted by atomic mass is 15.3. The molecule has 2 aromatic heterocycles. The molecule has 7 heteroatoms. The topological polar surface area (TPSA) is 93.7 Å². The lowest BCUT2D eigenvalue weighted by Crippen LogP contribution is -2.13. The first-order valence-corrected chi connectivity index (χ1v) is 7.14. The van der Waals surface area contributed by atoms with Crippen LogP contribution in [-0.4, -0.2) is 19.7 Å². The van der Waals surface area contributed by atoms with E-state index >= 15 is 0 Å². The Kier molecular flexibility index (Phi) is 4.74. The van der Waals surface area contributed by atoms with Crippen LogP contribution in [0.5, 0.6) is 0 Å². The molecular formula is C14H23N7. The molecule has 0 saturated heterocycles. The minimum absolute atomic E-state index is 0.239. The van der Waals surface area contributed by atoms with Crippen LogP contribution in [0.3, 0.4) is 0 Å². The maximum absolute atomic E-state index is 5.46. The quantitative estimate of drug-likeness (QED) is 0.554. The van der Waals surface area contributed by atoms with Gasteiger partial charge in [-0.15, -0.1) is 0 Å². The predicted molar refractivity (Wildman–Crippen MR) is 83.8 cm³/mol. The van der Waals surface area contributed by atoms with Crippen molar-refractivity contribution in [3.8, 4) is 0 Å². The van der Waals surface area contributed by atoms with E-state index in [1.807, 2.05) is 17.9 Å².